The van der Waals surface area contributed by atoms with Crippen LogP contribution in [0, 0.1) is 5.92 Å². The first-order valence-corrected chi connectivity index (χ1v) is 6.25. The molecule has 0 aromatic carbocycles. The number of hydrogen-bond acceptors (Lipinski definition) is 4. The molecule has 0 radical (unpaired) electrons. The Hall–Kier alpha value is -0.610. The summed E-state index contributed by atoms with van der Waals surface area (Å²) < 4.78 is 4.92. The van der Waals surface area contributed by atoms with Crippen molar-refractivity contribution in [2.45, 2.75) is 38.6 Å². The number of carbonyl (C=O) groups excluding carboxylic acids is 1. The molecule has 1 saturated carbocycles. The fraction of sp³-hybridized carbons (Fsp3) is 0.917. The van der Waals surface area contributed by atoms with Gasteiger partial charge in [-0.25, -0.2) is 0 Å². The third-order valence-corrected chi connectivity index (χ3v) is 3.46. The van der Waals surface area contributed by atoms with Crippen molar-refractivity contribution in [1.82, 2.24) is 4.90 Å². The number of hydrogen-bond donors (Lipinski definition) is 1. The van der Waals surface area contributed by atoms with E-state index in [4.69, 9.17) is 10.5 Å². The fourth-order valence-electron chi connectivity index (χ4n) is 2.54. The number of rotatable bonds is 6. The minimum atomic E-state index is -0.100. The van der Waals surface area contributed by atoms with Crippen LogP contribution in [0.5, 0.6) is 0 Å². The normalized spacial score (nSPS) is 25.0. The molecule has 4 heteroatoms. The Balaban J connectivity index is 2.28. The number of esters is 1. The summed E-state index contributed by atoms with van der Waals surface area (Å²) in [5.74, 6) is 0.504. The molecule has 0 aliphatic heterocycles. The molecule has 1 aliphatic rings. The van der Waals surface area contributed by atoms with Crippen LogP contribution >= 0.6 is 0 Å². The lowest BCUT2D eigenvalue weighted by Gasteiger charge is -2.28. The average molecular weight is 228 g/mol. The molecule has 1 fully saturated rings. The summed E-state index contributed by atoms with van der Waals surface area (Å²) in [7, 11) is 2.08. The molecular formula is C12H24N2O2. The topological polar surface area (TPSA) is 55.6 Å². The summed E-state index contributed by atoms with van der Waals surface area (Å²) in [6.07, 6.45) is 4.18. The van der Waals surface area contributed by atoms with Gasteiger partial charge in [0.1, 0.15) is 0 Å². The van der Waals surface area contributed by atoms with E-state index < -0.39 is 0 Å². The summed E-state index contributed by atoms with van der Waals surface area (Å²) in [5, 5.41) is 0. The molecule has 0 heterocycles. The van der Waals surface area contributed by atoms with Crippen molar-refractivity contribution < 1.29 is 9.53 Å². The summed E-state index contributed by atoms with van der Waals surface area (Å²) in [4.78, 5) is 13.5. The van der Waals surface area contributed by atoms with E-state index in [1.165, 1.54) is 19.3 Å². The first-order valence-electron chi connectivity index (χ1n) is 6.25. The van der Waals surface area contributed by atoms with Gasteiger partial charge in [-0.1, -0.05) is 6.42 Å². The van der Waals surface area contributed by atoms with Crippen LogP contribution in [-0.4, -0.2) is 43.7 Å². The molecule has 16 heavy (non-hydrogen) atoms. The third kappa shape index (κ3) is 3.76. The molecule has 1 aliphatic carbocycles. The summed E-state index contributed by atoms with van der Waals surface area (Å²) in [5.41, 5.74) is 5.75. The van der Waals surface area contributed by atoms with E-state index in [2.05, 4.69) is 11.9 Å². The van der Waals surface area contributed by atoms with Gasteiger partial charge in [0.15, 0.2) is 0 Å². The highest BCUT2D eigenvalue weighted by molar-refractivity contribution is 5.69. The van der Waals surface area contributed by atoms with E-state index in [1.807, 2.05) is 6.92 Å². The lowest BCUT2D eigenvalue weighted by atomic mass is 10.0. The quantitative estimate of drug-likeness (QED) is 0.689. The number of nitrogens with two attached hydrogens (primary N) is 1. The number of ether oxygens (including phenoxy) is 1. The predicted molar refractivity (Wildman–Crippen MR) is 64.1 cm³/mol. The Kier molecular flexibility index (Phi) is 5.77. The van der Waals surface area contributed by atoms with Crippen molar-refractivity contribution in [2.24, 2.45) is 11.7 Å². The second-order valence-electron chi connectivity index (χ2n) is 4.53. The Labute approximate surface area is 98.1 Å². The van der Waals surface area contributed by atoms with Crippen LogP contribution in [0.4, 0.5) is 0 Å². The SMILES string of the molecule is CCOC(=O)CCN(C)C1CCCC1CN. The van der Waals surface area contributed by atoms with Crippen molar-refractivity contribution in [2.75, 3.05) is 26.7 Å². The van der Waals surface area contributed by atoms with Gasteiger partial charge >= 0.3 is 5.97 Å². The van der Waals surface area contributed by atoms with Gasteiger partial charge in [0.05, 0.1) is 13.0 Å². The van der Waals surface area contributed by atoms with Gasteiger partial charge in [0.2, 0.25) is 0 Å². The van der Waals surface area contributed by atoms with Crippen molar-refractivity contribution in [3.8, 4) is 0 Å². The van der Waals surface area contributed by atoms with Crippen molar-refractivity contribution >= 4 is 5.97 Å². The van der Waals surface area contributed by atoms with Crippen LogP contribution in [0.3, 0.4) is 0 Å². The lowest BCUT2D eigenvalue weighted by molar-refractivity contribution is -0.143. The minimum absolute atomic E-state index is 0.100. The highest BCUT2D eigenvalue weighted by Gasteiger charge is 2.29. The first kappa shape index (κ1) is 13.5. The maximum absolute atomic E-state index is 11.2. The molecule has 0 aromatic heterocycles. The van der Waals surface area contributed by atoms with Crippen molar-refractivity contribution in [1.29, 1.82) is 0 Å². The minimum Gasteiger partial charge on any atom is -0.466 e. The Morgan fingerprint density at radius 1 is 1.50 bits per heavy atom. The maximum atomic E-state index is 11.2. The monoisotopic (exact) mass is 228 g/mol. The molecule has 94 valence electrons. The Morgan fingerprint density at radius 3 is 2.88 bits per heavy atom. The van der Waals surface area contributed by atoms with E-state index in [0.717, 1.165) is 13.1 Å². The van der Waals surface area contributed by atoms with Gasteiger partial charge in [-0.05, 0) is 39.3 Å². The van der Waals surface area contributed by atoms with Gasteiger partial charge in [-0.2, -0.15) is 0 Å². The highest BCUT2D eigenvalue weighted by atomic mass is 16.5. The molecule has 0 spiro atoms. The second-order valence-corrected chi connectivity index (χ2v) is 4.53. The molecule has 0 amide bonds. The van der Waals surface area contributed by atoms with E-state index in [1.54, 1.807) is 0 Å². The summed E-state index contributed by atoms with van der Waals surface area (Å²) in [6, 6.07) is 0.555. The van der Waals surface area contributed by atoms with E-state index in [9.17, 15) is 4.79 Å². The summed E-state index contributed by atoms with van der Waals surface area (Å²) >= 11 is 0. The summed E-state index contributed by atoms with van der Waals surface area (Å²) in [6.45, 7) is 3.84. The second kappa shape index (κ2) is 6.86. The number of carbonyl (C=O) groups is 1. The van der Waals surface area contributed by atoms with E-state index in [0.29, 0.717) is 25.0 Å². The van der Waals surface area contributed by atoms with Crippen molar-refractivity contribution in [3.63, 3.8) is 0 Å². The predicted octanol–water partition coefficient (Wildman–Crippen LogP) is 0.999. The number of nitrogens with zero attached hydrogens (tertiary/aromatic N) is 1. The van der Waals surface area contributed by atoms with Gasteiger partial charge in [0.25, 0.3) is 0 Å². The van der Waals surface area contributed by atoms with Gasteiger partial charge in [-0.3, -0.25) is 4.79 Å². The third-order valence-electron chi connectivity index (χ3n) is 3.46. The average Bonchev–Trinajstić information content (AvgIpc) is 2.74. The molecule has 0 saturated heterocycles. The molecular weight excluding hydrogens is 204 g/mol. The van der Waals surface area contributed by atoms with E-state index in [-0.39, 0.29) is 5.97 Å². The van der Waals surface area contributed by atoms with Gasteiger partial charge in [-0.15, -0.1) is 0 Å². The van der Waals surface area contributed by atoms with E-state index >= 15 is 0 Å². The van der Waals surface area contributed by atoms with Gasteiger partial charge in [0, 0.05) is 12.6 Å². The van der Waals surface area contributed by atoms with Crippen LogP contribution in [0.1, 0.15) is 32.6 Å². The highest BCUT2D eigenvalue weighted by Crippen LogP contribution is 2.28. The smallest absolute Gasteiger partial charge is 0.307 e. The fourth-order valence-corrected chi connectivity index (χ4v) is 2.54. The van der Waals surface area contributed by atoms with Crippen LogP contribution in [0.15, 0.2) is 0 Å². The maximum Gasteiger partial charge on any atom is 0.307 e. The van der Waals surface area contributed by atoms with Crippen LogP contribution in [0.2, 0.25) is 0 Å². The zero-order chi connectivity index (χ0) is 12.0. The molecule has 1 rings (SSSR count). The standard InChI is InChI=1S/C12H24N2O2/c1-3-16-12(15)7-8-14(2)11-6-4-5-10(11)9-13/h10-11H,3-9,13H2,1-2H3. The first-order chi connectivity index (χ1) is 7.69. The molecule has 0 aromatic rings. The molecule has 0 bridgehead atoms. The molecule has 2 atom stereocenters. The van der Waals surface area contributed by atoms with Crippen LogP contribution < -0.4 is 5.73 Å². The molecule has 2 N–H and O–H groups in total. The molecule has 2 unspecified atom stereocenters. The zero-order valence-electron chi connectivity index (χ0n) is 10.4. The van der Waals surface area contributed by atoms with Gasteiger partial charge < -0.3 is 15.4 Å². The molecule has 4 nitrogen and oxygen atoms in total. The Bertz CT molecular complexity index is 221. The zero-order valence-corrected chi connectivity index (χ0v) is 10.4. The van der Waals surface area contributed by atoms with Crippen LogP contribution in [0.25, 0.3) is 0 Å². The van der Waals surface area contributed by atoms with Crippen LogP contribution in [-0.2, 0) is 9.53 Å². The van der Waals surface area contributed by atoms with Crippen molar-refractivity contribution in [3.05, 3.63) is 0 Å². The largest absolute Gasteiger partial charge is 0.466 e. The lowest BCUT2D eigenvalue weighted by Crippen LogP contribution is -2.38. The Morgan fingerprint density at radius 2 is 2.25 bits per heavy atom.